The van der Waals surface area contributed by atoms with E-state index in [1.54, 1.807) is 24.4 Å². The number of aromatic nitrogens is 1. The molecule has 102 valence electrons. The molecule has 0 aliphatic carbocycles. The Bertz CT molecular complexity index is 647. The van der Waals surface area contributed by atoms with Crippen LogP contribution in [0.5, 0.6) is 0 Å². The second kappa shape index (κ2) is 5.61. The number of nitro benzene ring substituents is 2. The fourth-order valence-electron chi connectivity index (χ4n) is 1.46. The Morgan fingerprint density at radius 2 is 1.80 bits per heavy atom. The highest BCUT2D eigenvalue weighted by molar-refractivity contribution is 5.66. The quantitative estimate of drug-likeness (QED) is 0.633. The Balaban J connectivity index is 2.23. The Morgan fingerprint density at radius 1 is 1.00 bits per heavy atom. The molecule has 1 heterocycles. The van der Waals surface area contributed by atoms with E-state index >= 15 is 0 Å². The molecule has 0 fully saturated rings. The fourth-order valence-corrected chi connectivity index (χ4v) is 1.46. The van der Waals surface area contributed by atoms with Crippen LogP contribution in [0.1, 0.15) is 0 Å². The zero-order valence-electron chi connectivity index (χ0n) is 10.0. The number of nitrogens with zero attached hydrogens (tertiary/aromatic N) is 3. The maximum Gasteiger partial charge on any atom is 0.300 e. The van der Waals surface area contributed by atoms with Gasteiger partial charge in [0.2, 0.25) is 0 Å². The zero-order chi connectivity index (χ0) is 14.5. The zero-order valence-corrected chi connectivity index (χ0v) is 10.0. The second-order valence-corrected chi connectivity index (χ2v) is 3.68. The van der Waals surface area contributed by atoms with Crippen LogP contribution in [0, 0.1) is 20.2 Å². The van der Waals surface area contributed by atoms with Crippen LogP contribution in [0.15, 0.2) is 42.6 Å². The molecule has 0 radical (unpaired) electrons. The van der Waals surface area contributed by atoms with Crippen molar-refractivity contribution in [2.24, 2.45) is 0 Å². The van der Waals surface area contributed by atoms with E-state index in [0.29, 0.717) is 5.82 Å². The average Bonchev–Trinajstić information content (AvgIpc) is 2.45. The first-order chi connectivity index (χ1) is 9.58. The molecule has 20 heavy (non-hydrogen) atoms. The van der Waals surface area contributed by atoms with Crippen LogP contribution < -0.4 is 10.9 Å². The van der Waals surface area contributed by atoms with Crippen molar-refractivity contribution in [3.63, 3.8) is 0 Å². The van der Waals surface area contributed by atoms with Crippen molar-refractivity contribution in [3.05, 3.63) is 62.8 Å². The normalized spacial score (nSPS) is 9.80. The van der Waals surface area contributed by atoms with E-state index < -0.39 is 15.5 Å². The summed E-state index contributed by atoms with van der Waals surface area (Å²) in [5, 5.41) is 21.5. The molecule has 0 saturated carbocycles. The van der Waals surface area contributed by atoms with Gasteiger partial charge in [0.15, 0.2) is 0 Å². The van der Waals surface area contributed by atoms with Crippen LogP contribution in [0.4, 0.5) is 22.9 Å². The summed E-state index contributed by atoms with van der Waals surface area (Å²) in [4.78, 5) is 24.1. The molecule has 2 N–H and O–H groups in total. The van der Waals surface area contributed by atoms with Gasteiger partial charge < -0.3 is 0 Å². The summed E-state index contributed by atoms with van der Waals surface area (Å²) in [6.45, 7) is 0. The predicted octanol–water partition coefficient (Wildman–Crippen LogP) is 2.34. The number of hydrazine groups is 1. The Morgan fingerprint density at radius 3 is 2.40 bits per heavy atom. The molecule has 0 bridgehead atoms. The number of rotatable bonds is 5. The molecule has 0 spiro atoms. The number of pyridine rings is 1. The highest BCUT2D eigenvalue weighted by Crippen LogP contribution is 2.28. The molecule has 0 unspecified atom stereocenters. The summed E-state index contributed by atoms with van der Waals surface area (Å²) in [7, 11) is 0. The van der Waals surface area contributed by atoms with Gasteiger partial charge >= 0.3 is 5.69 Å². The van der Waals surface area contributed by atoms with E-state index in [0.717, 1.165) is 6.07 Å². The number of nitro groups is 2. The van der Waals surface area contributed by atoms with E-state index in [2.05, 4.69) is 15.8 Å². The van der Waals surface area contributed by atoms with Crippen LogP contribution in [-0.4, -0.2) is 14.8 Å². The third-order valence-corrected chi connectivity index (χ3v) is 2.38. The summed E-state index contributed by atoms with van der Waals surface area (Å²) in [6, 6.07) is 8.44. The number of non-ortho nitro benzene ring substituents is 1. The van der Waals surface area contributed by atoms with Crippen molar-refractivity contribution in [1.29, 1.82) is 0 Å². The maximum absolute atomic E-state index is 10.9. The maximum atomic E-state index is 10.9. The lowest BCUT2D eigenvalue weighted by atomic mass is 10.2. The largest absolute Gasteiger partial charge is 0.300 e. The van der Waals surface area contributed by atoms with E-state index in [9.17, 15) is 20.2 Å². The first-order valence-electron chi connectivity index (χ1n) is 5.44. The van der Waals surface area contributed by atoms with Gasteiger partial charge in [-0.05, 0) is 18.2 Å². The summed E-state index contributed by atoms with van der Waals surface area (Å²) in [5.41, 5.74) is 4.63. The first-order valence-corrected chi connectivity index (χ1v) is 5.44. The van der Waals surface area contributed by atoms with Crippen LogP contribution in [0.3, 0.4) is 0 Å². The average molecular weight is 275 g/mol. The monoisotopic (exact) mass is 275 g/mol. The van der Waals surface area contributed by atoms with Crippen molar-refractivity contribution in [3.8, 4) is 0 Å². The molecular weight excluding hydrogens is 266 g/mol. The number of anilines is 2. The second-order valence-electron chi connectivity index (χ2n) is 3.68. The molecule has 1 aromatic heterocycles. The van der Waals surface area contributed by atoms with Gasteiger partial charge in [-0.25, -0.2) is 4.98 Å². The van der Waals surface area contributed by atoms with Crippen molar-refractivity contribution >= 4 is 22.9 Å². The van der Waals surface area contributed by atoms with Gasteiger partial charge in [-0.2, -0.15) is 0 Å². The minimum absolute atomic E-state index is 0.103. The molecule has 0 saturated heterocycles. The number of hydrogen-bond acceptors (Lipinski definition) is 7. The van der Waals surface area contributed by atoms with Gasteiger partial charge in [-0.3, -0.25) is 31.1 Å². The van der Waals surface area contributed by atoms with Crippen molar-refractivity contribution in [1.82, 2.24) is 4.98 Å². The molecule has 0 aliphatic rings. The Labute approximate surface area is 112 Å². The molecule has 0 aliphatic heterocycles. The lowest BCUT2D eigenvalue weighted by molar-refractivity contribution is -0.393. The fraction of sp³-hybridized carbons (Fsp3) is 0. The minimum atomic E-state index is -0.699. The molecule has 2 aromatic rings. The highest BCUT2D eigenvalue weighted by atomic mass is 16.6. The molecular formula is C11H9N5O4. The van der Waals surface area contributed by atoms with Gasteiger partial charge in [-0.1, -0.05) is 6.07 Å². The Kier molecular flexibility index (Phi) is 3.70. The van der Waals surface area contributed by atoms with E-state index in [1.807, 2.05) is 0 Å². The smallest absolute Gasteiger partial charge is 0.293 e. The Hall–Kier alpha value is -3.23. The molecule has 0 amide bonds. The molecule has 9 nitrogen and oxygen atoms in total. The van der Waals surface area contributed by atoms with Crippen molar-refractivity contribution in [2.75, 3.05) is 10.9 Å². The van der Waals surface area contributed by atoms with Gasteiger partial charge in [0, 0.05) is 12.3 Å². The van der Waals surface area contributed by atoms with Gasteiger partial charge in [0.05, 0.1) is 15.9 Å². The topological polar surface area (TPSA) is 123 Å². The van der Waals surface area contributed by atoms with Crippen LogP contribution in [0.2, 0.25) is 0 Å². The third-order valence-electron chi connectivity index (χ3n) is 2.38. The van der Waals surface area contributed by atoms with Gasteiger partial charge in [0.25, 0.3) is 5.69 Å². The summed E-state index contributed by atoms with van der Waals surface area (Å²) in [6.07, 6.45) is 1.55. The van der Waals surface area contributed by atoms with Crippen LogP contribution in [0.25, 0.3) is 0 Å². The molecule has 9 heteroatoms. The number of hydrogen-bond donors (Lipinski definition) is 2. The molecule has 1 aromatic carbocycles. The lowest BCUT2D eigenvalue weighted by Crippen LogP contribution is -2.11. The highest BCUT2D eigenvalue weighted by Gasteiger charge is 2.19. The lowest BCUT2D eigenvalue weighted by Gasteiger charge is -2.08. The molecule has 0 atom stereocenters. The number of nitrogens with one attached hydrogen (secondary N) is 2. The van der Waals surface area contributed by atoms with E-state index in [1.165, 1.54) is 12.1 Å². The van der Waals surface area contributed by atoms with Crippen molar-refractivity contribution in [2.45, 2.75) is 0 Å². The number of benzene rings is 1. The first kappa shape index (κ1) is 13.2. The minimum Gasteiger partial charge on any atom is -0.293 e. The van der Waals surface area contributed by atoms with E-state index in [-0.39, 0.29) is 11.4 Å². The van der Waals surface area contributed by atoms with Gasteiger partial charge in [0.1, 0.15) is 11.5 Å². The summed E-state index contributed by atoms with van der Waals surface area (Å²) < 4.78 is 0. The van der Waals surface area contributed by atoms with Crippen LogP contribution in [-0.2, 0) is 0 Å². The van der Waals surface area contributed by atoms with Crippen LogP contribution >= 0.6 is 0 Å². The third kappa shape index (κ3) is 2.96. The predicted molar refractivity (Wildman–Crippen MR) is 71.2 cm³/mol. The SMILES string of the molecule is O=[N+]([O-])c1ccc(NNc2ccccn2)c([N+](=O)[O-])c1. The van der Waals surface area contributed by atoms with E-state index in [4.69, 9.17) is 0 Å². The standard InChI is InChI=1S/C11H9N5O4/c17-15(18)8-4-5-9(10(7-8)16(19)20)13-14-11-3-1-2-6-12-11/h1-7,13H,(H,12,14). The van der Waals surface area contributed by atoms with Gasteiger partial charge in [-0.15, -0.1) is 0 Å². The summed E-state index contributed by atoms with van der Waals surface area (Å²) in [5.74, 6) is 0.458. The van der Waals surface area contributed by atoms with Crippen molar-refractivity contribution < 1.29 is 9.85 Å². The molecule has 2 rings (SSSR count). The summed E-state index contributed by atoms with van der Waals surface area (Å²) >= 11 is 0.